The molecule has 1 aromatic rings. The smallest absolute Gasteiger partial charge is 0.213 e. The van der Waals surface area contributed by atoms with Gasteiger partial charge in [-0.05, 0) is 21.8 Å². The Kier molecular flexibility index (Phi) is 2.46. The summed E-state index contributed by atoms with van der Waals surface area (Å²) in [6.07, 6.45) is 3.35. The van der Waals surface area contributed by atoms with E-state index in [0.29, 0.717) is 0 Å². The first-order chi connectivity index (χ1) is 5.67. The van der Waals surface area contributed by atoms with Crippen LogP contribution in [0.3, 0.4) is 0 Å². The Balaban J connectivity index is 3.28. The predicted octanol–water partition coefficient (Wildman–Crippen LogP) is 2.26. The summed E-state index contributed by atoms with van der Waals surface area (Å²) in [5.41, 5.74) is 0. The van der Waals surface area contributed by atoms with Crippen LogP contribution in [0.2, 0.25) is 0 Å². The average Bonchev–Trinajstić information content (AvgIpc) is 2.06. The number of benzene rings is 1. The highest BCUT2D eigenvalue weighted by molar-refractivity contribution is 7.94. The summed E-state index contributed by atoms with van der Waals surface area (Å²) in [6.45, 7) is 0. The Morgan fingerprint density at radius 1 is 1.42 bits per heavy atom. The second kappa shape index (κ2) is 3.37. The van der Waals surface area contributed by atoms with Crippen LogP contribution in [0.15, 0.2) is 39.6 Å². The van der Waals surface area contributed by atoms with Crippen LogP contribution < -0.4 is 0 Å². The lowest BCUT2D eigenvalue weighted by Crippen LogP contribution is -1.93. The molecule has 0 heterocycles. The molecule has 0 aromatic heterocycles. The Bertz CT molecular complexity index is 408. The monoisotopic (exact) mass is 179 g/mol. The van der Waals surface area contributed by atoms with Crippen LogP contribution in [0.5, 0.6) is 0 Å². The van der Waals surface area contributed by atoms with E-state index in [1.807, 2.05) is 30.3 Å². The standard InChI is InChI=1S/C8H9N3S/c1-12(10,11-7-9)8-5-3-2-4-6-8/h2-6,10H,1H3. The van der Waals surface area contributed by atoms with Gasteiger partial charge in [0, 0.05) is 11.2 Å². The minimum Gasteiger partial charge on any atom is -0.265 e. The van der Waals surface area contributed by atoms with E-state index >= 15 is 0 Å². The van der Waals surface area contributed by atoms with E-state index in [0.717, 1.165) is 4.90 Å². The molecule has 4 heteroatoms. The van der Waals surface area contributed by atoms with Crippen molar-refractivity contribution in [1.29, 1.82) is 10.0 Å². The summed E-state index contributed by atoms with van der Waals surface area (Å²) < 4.78 is 11.3. The summed E-state index contributed by atoms with van der Waals surface area (Å²) in [7, 11) is -2.00. The highest BCUT2D eigenvalue weighted by Gasteiger charge is 1.98. The Labute approximate surface area is 72.3 Å². The van der Waals surface area contributed by atoms with Crippen molar-refractivity contribution in [2.24, 2.45) is 4.36 Å². The van der Waals surface area contributed by atoms with Gasteiger partial charge in [-0.1, -0.05) is 18.2 Å². The predicted molar refractivity (Wildman–Crippen MR) is 48.8 cm³/mol. The summed E-state index contributed by atoms with van der Waals surface area (Å²) in [5.74, 6) is 0. The van der Waals surface area contributed by atoms with E-state index in [1.165, 1.54) is 0 Å². The lowest BCUT2D eigenvalue weighted by molar-refractivity contribution is 1.38. The highest BCUT2D eigenvalue weighted by Crippen LogP contribution is 2.10. The molecular formula is C8H9N3S. The van der Waals surface area contributed by atoms with Gasteiger partial charge in [-0.2, -0.15) is 5.26 Å². The van der Waals surface area contributed by atoms with Gasteiger partial charge in [0.15, 0.2) is 0 Å². The van der Waals surface area contributed by atoms with E-state index in [1.54, 1.807) is 12.4 Å². The zero-order chi connectivity index (χ0) is 9.03. The summed E-state index contributed by atoms with van der Waals surface area (Å²) in [5, 5.41) is 8.35. The molecule has 0 spiro atoms. The maximum Gasteiger partial charge on any atom is 0.213 e. The summed E-state index contributed by atoms with van der Waals surface area (Å²) >= 11 is 0. The van der Waals surface area contributed by atoms with Crippen molar-refractivity contribution in [3.63, 3.8) is 0 Å². The molecule has 62 valence electrons. The molecule has 3 nitrogen and oxygen atoms in total. The lowest BCUT2D eigenvalue weighted by Gasteiger charge is -2.03. The lowest BCUT2D eigenvalue weighted by atomic mass is 10.4. The fourth-order valence-electron chi connectivity index (χ4n) is 0.820. The number of nitrogens with zero attached hydrogens (tertiary/aromatic N) is 2. The van der Waals surface area contributed by atoms with E-state index < -0.39 is 9.62 Å². The average molecular weight is 179 g/mol. The third-order valence-corrected chi connectivity index (χ3v) is 3.06. The normalized spacial score (nSPS) is 14.3. The van der Waals surface area contributed by atoms with E-state index in [9.17, 15) is 0 Å². The maximum atomic E-state index is 8.35. The van der Waals surface area contributed by atoms with Gasteiger partial charge in [0.05, 0.1) is 0 Å². The van der Waals surface area contributed by atoms with Crippen LogP contribution in [0, 0.1) is 16.2 Å². The molecule has 0 saturated carbocycles. The fourth-order valence-corrected chi connectivity index (χ4v) is 1.78. The van der Waals surface area contributed by atoms with Crippen LogP contribution in [0.25, 0.3) is 0 Å². The number of rotatable bonds is 1. The van der Waals surface area contributed by atoms with E-state index in [4.69, 9.17) is 10.0 Å². The summed E-state index contributed by atoms with van der Waals surface area (Å²) in [4.78, 5) is 0.812. The molecule has 0 aliphatic rings. The van der Waals surface area contributed by atoms with Crippen molar-refractivity contribution in [2.75, 3.05) is 6.26 Å². The van der Waals surface area contributed by atoms with Gasteiger partial charge < -0.3 is 0 Å². The number of nitriles is 1. The molecular weight excluding hydrogens is 170 g/mol. The maximum absolute atomic E-state index is 8.35. The van der Waals surface area contributed by atoms with Crippen molar-refractivity contribution in [2.45, 2.75) is 4.90 Å². The van der Waals surface area contributed by atoms with Gasteiger partial charge in [-0.25, -0.2) is 0 Å². The molecule has 12 heavy (non-hydrogen) atoms. The molecule has 0 amide bonds. The molecule has 1 N–H and O–H groups in total. The van der Waals surface area contributed by atoms with Crippen molar-refractivity contribution < 1.29 is 0 Å². The fraction of sp³-hybridized carbons (Fsp3) is 0.125. The van der Waals surface area contributed by atoms with E-state index in [2.05, 4.69) is 4.36 Å². The van der Waals surface area contributed by atoms with E-state index in [-0.39, 0.29) is 0 Å². The van der Waals surface area contributed by atoms with Gasteiger partial charge >= 0.3 is 0 Å². The Morgan fingerprint density at radius 3 is 2.50 bits per heavy atom. The Morgan fingerprint density at radius 2 is 2.00 bits per heavy atom. The molecule has 0 aliphatic carbocycles. The van der Waals surface area contributed by atoms with Crippen molar-refractivity contribution >= 4 is 9.62 Å². The SMILES string of the molecule is CS(=N)(=NC#N)c1ccccc1. The molecule has 1 rings (SSSR count). The second-order valence-corrected chi connectivity index (χ2v) is 4.78. The zero-order valence-corrected chi connectivity index (χ0v) is 7.51. The molecule has 1 unspecified atom stereocenters. The van der Waals surface area contributed by atoms with Crippen LogP contribution >= 0.6 is 0 Å². The van der Waals surface area contributed by atoms with Crippen LogP contribution in [-0.4, -0.2) is 6.26 Å². The first-order valence-corrected chi connectivity index (χ1v) is 5.36. The molecule has 1 atom stereocenters. The molecule has 0 radical (unpaired) electrons. The van der Waals surface area contributed by atoms with Crippen molar-refractivity contribution in [1.82, 2.24) is 0 Å². The number of nitrogens with one attached hydrogen (secondary N) is 1. The molecule has 0 saturated heterocycles. The van der Waals surface area contributed by atoms with Gasteiger partial charge in [-0.15, -0.1) is 4.36 Å². The van der Waals surface area contributed by atoms with Crippen LogP contribution in [0.4, 0.5) is 0 Å². The second-order valence-electron chi connectivity index (χ2n) is 2.38. The van der Waals surface area contributed by atoms with Crippen molar-refractivity contribution in [3.05, 3.63) is 30.3 Å². The van der Waals surface area contributed by atoms with Gasteiger partial charge in [0.1, 0.15) is 0 Å². The minimum absolute atomic E-state index is 0.812. The topological polar surface area (TPSA) is 60.0 Å². The number of hydrogen-bond donors (Lipinski definition) is 1. The molecule has 1 aromatic carbocycles. The number of hydrogen-bond acceptors (Lipinski definition) is 3. The third kappa shape index (κ3) is 1.83. The van der Waals surface area contributed by atoms with Crippen LogP contribution in [-0.2, 0) is 9.62 Å². The molecule has 0 bridgehead atoms. The first kappa shape index (κ1) is 8.75. The van der Waals surface area contributed by atoms with Crippen LogP contribution in [0.1, 0.15) is 0 Å². The highest BCUT2D eigenvalue weighted by atomic mass is 32.2. The largest absolute Gasteiger partial charge is 0.265 e. The zero-order valence-electron chi connectivity index (χ0n) is 6.69. The first-order valence-electron chi connectivity index (χ1n) is 3.36. The minimum atomic E-state index is -2.00. The molecule has 0 fully saturated rings. The third-order valence-electron chi connectivity index (χ3n) is 1.43. The summed E-state index contributed by atoms with van der Waals surface area (Å²) in [6, 6.07) is 9.22. The van der Waals surface area contributed by atoms with Crippen molar-refractivity contribution in [3.8, 4) is 6.19 Å². The molecule has 0 aliphatic heterocycles. The van der Waals surface area contributed by atoms with Gasteiger partial charge in [-0.3, -0.25) is 4.78 Å². The van der Waals surface area contributed by atoms with Gasteiger partial charge in [0.2, 0.25) is 6.19 Å². The Hall–Kier alpha value is -1.34. The van der Waals surface area contributed by atoms with Gasteiger partial charge in [0.25, 0.3) is 0 Å². The quantitative estimate of drug-likeness (QED) is 0.660.